The molecule has 0 saturated heterocycles. The van der Waals surface area contributed by atoms with Crippen molar-refractivity contribution >= 4 is 0 Å². The van der Waals surface area contributed by atoms with E-state index in [9.17, 15) is 0 Å². The number of ether oxygens (including phenoxy) is 1. The van der Waals surface area contributed by atoms with E-state index >= 15 is 0 Å². The van der Waals surface area contributed by atoms with Crippen LogP contribution in [0, 0.1) is 0 Å². The molecule has 0 aromatic carbocycles. The van der Waals surface area contributed by atoms with Crippen LogP contribution in [0.2, 0.25) is 0 Å². The van der Waals surface area contributed by atoms with E-state index in [1.54, 1.807) is 0 Å². The molecule has 0 bridgehead atoms. The molecule has 0 amide bonds. The zero-order valence-corrected chi connectivity index (χ0v) is 7.34. The molecule has 0 atom stereocenters. The number of aliphatic hydroxyl groups is 2. The van der Waals surface area contributed by atoms with Crippen molar-refractivity contribution in [3.63, 3.8) is 0 Å². The molecule has 0 fully saturated rings. The highest BCUT2D eigenvalue weighted by Gasteiger charge is 2.13. The highest BCUT2D eigenvalue weighted by Crippen LogP contribution is 2.03. The Balaban J connectivity index is 3.02. The topological polar surface area (TPSA) is 49.7 Å². The first kappa shape index (κ1) is 10.9. The molecule has 3 heteroatoms. The Hall–Kier alpha value is -0.120. The maximum absolute atomic E-state index is 8.85. The summed E-state index contributed by atoms with van der Waals surface area (Å²) in [5.74, 6) is -1.58. The van der Waals surface area contributed by atoms with E-state index < -0.39 is 5.79 Å². The zero-order chi connectivity index (χ0) is 8.74. The quantitative estimate of drug-likeness (QED) is 0.450. The van der Waals surface area contributed by atoms with Gasteiger partial charge in [-0.1, -0.05) is 13.3 Å². The van der Waals surface area contributed by atoms with Crippen molar-refractivity contribution in [1.82, 2.24) is 0 Å². The summed E-state index contributed by atoms with van der Waals surface area (Å²) in [6.07, 6.45) is 2.42. The molecule has 0 unspecified atom stereocenters. The summed E-state index contributed by atoms with van der Waals surface area (Å²) in [6.45, 7) is 4.58. The summed E-state index contributed by atoms with van der Waals surface area (Å²) in [7, 11) is 0. The third-order valence-electron chi connectivity index (χ3n) is 1.36. The Morgan fingerprint density at radius 3 is 2.36 bits per heavy atom. The van der Waals surface area contributed by atoms with E-state index in [0.29, 0.717) is 13.2 Å². The van der Waals surface area contributed by atoms with Gasteiger partial charge >= 0.3 is 0 Å². The van der Waals surface area contributed by atoms with Gasteiger partial charge in [0.2, 0.25) is 0 Å². The van der Waals surface area contributed by atoms with Crippen LogP contribution in [0.3, 0.4) is 0 Å². The second-order valence-electron chi connectivity index (χ2n) is 2.93. The summed E-state index contributed by atoms with van der Waals surface area (Å²) >= 11 is 0. The van der Waals surface area contributed by atoms with Crippen molar-refractivity contribution in [3.8, 4) is 0 Å². The van der Waals surface area contributed by atoms with Gasteiger partial charge in [0.05, 0.1) is 6.61 Å². The second kappa shape index (κ2) is 5.52. The van der Waals surface area contributed by atoms with Crippen LogP contribution in [0.25, 0.3) is 0 Å². The standard InChI is InChI=1S/C8H18O3/c1-3-4-6-11-7-5-8(2,9)10/h9-10H,3-7H2,1-2H3. The van der Waals surface area contributed by atoms with Gasteiger partial charge in [0, 0.05) is 13.0 Å². The van der Waals surface area contributed by atoms with Gasteiger partial charge < -0.3 is 14.9 Å². The van der Waals surface area contributed by atoms with Crippen molar-refractivity contribution in [2.45, 2.75) is 38.9 Å². The van der Waals surface area contributed by atoms with Gasteiger partial charge in [-0.05, 0) is 13.3 Å². The predicted octanol–water partition coefficient (Wildman–Crippen LogP) is 0.894. The fourth-order valence-corrected chi connectivity index (χ4v) is 0.614. The molecule has 3 nitrogen and oxygen atoms in total. The minimum Gasteiger partial charge on any atom is -0.381 e. The summed E-state index contributed by atoms with van der Waals surface area (Å²) in [5.41, 5.74) is 0. The second-order valence-corrected chi connectivity index (χ2v) is 2.93. The molecule has 2 N–H and O–H groups in total. The number of hydrogen-bond acceptors (Lipinski definition) is 3. The SMILES string of the molecule is CCCCOCCC(C)(O)O. The monoisotopic (exact) mass is 162 g/mol. The van der Waals surface area contributed by atoms with Gasteiger partial charge in [0.1, 0.15) is 0 Å². The number of unbranched alkanes of at least 4 members (excludes halogenated alkanes) is 1. The van der Waals surface area contributed by atoms with Crippen LogP contribution in [-0.2, 0) is 4.74 Å². The van der Waals surface area contributed by atoms with Crippen LogP contribution in [0.1, 0.15) is 33.1 Å². The average molecular weight is 162 g/mol. The van der Waals surface area contributed by atoms with Crippen LogP contribution in [-0.4, -0.2) is 29.2 Å². The summed E-state index contributed by atoms with van der Waals surface area (Å²) in [4.78, 5) is 0. The fourth-order valence-electron chi connectivity index (χ4n) is 0.614. The lowest BCUT2D eigenvalue weighted by molar-refractivity contribution is -0.158. The molecule has 11 heavy (non-hydrogen) atoms. The molecule has 0 spiro atoms. The van der Waals surface area contributed by atoms with Crippen molar-refractivity contribution in [3.05, 3.63) is 0 Å². The maximum atomic E-state index is 8.85. The summed E-state index contributed by atoms with van der Waals surface area (Å²) < 4.78 is 5.13. The molecular weight excluding hydrogens is 144 g/mol. The van der Waals surface area contributed by atoms with E-state index in [2.05, 4.69) is 6.92 Å². The van der Waals surface area contributed by atoms with Crippen LogP contribution in [0.5, 0.6) is 0 Å². The summed E-state index contributed by atoms with van der Waals surface area (Å²) in [6, 6.07) is 0. The fraction of sp³-hybridized carbons (Fsp3) is 1.00. The molecule has 0 aliphatic heterocycles. The lowest BCUT2D eigenvalue weighted by Crippen LogP contribution is -2.24. The Morgan fingerprint density at radius 2 is 1.91 bits per heavy atom. The van der Waals surface area contributed by atoms with Gasteiger partial charge in [0.25, 0.3) is 0 Å². The average Bonchev–Trinajstić information content (AvgIpc) is 1.85. The molecule has 0 radical (unpaired) electrons. The Morgan fingerprint density at radius 1 is 1.27 bits per heavy atom. The van der Waals surface area contributed by atoms with Crippen LogP contribution in [0.4, 0.5) is 0 Å². The van der Waals surface area contributed by atoms with Gasteiger partial charge in [-0.3, -0.25) is 0 Å². The highest BCUT2D eigenvalue weighted by atomic mass is 16.5. The van der Waals surface area contributed by atoms with Crippen molar-refractivity contribution < 1.29 is 14.9 Å². The molecule has 0 rings (SSSR count). The van der Waals surface area contributed by atoms with Crippen molar-refractivity contribution in [2.75, 3.05) is 13.2 Å². The van der Waals surface area contributed by atoms with Gasteiger partial charge in [-0.2, -0.15) is 0 Å². The first-order chi connectivity index (χ1) is 5.06. The molecule has 0 saturated carbocycles. The molecule has 0 aromatic heterocycles. The van der Waals surface area contributed by atoms with Crippen LogP contribution >= 0.6 is 0 Å². The molecule has 0 aliphatic rings. The highest BCUT2D eigenvalue weighted by molar-refractivity contribution is 4.54. The van der Waals surface area contributed by atoms with E-state index in [1.807, 2.05) is 0 Å². The molecule has 0 aromatic rings. The van der Waals surface area contributed by atoms with Gasteiger partial charge in [0.15, 0.2) is 5.79 Å². The number of rotatable bonds is 6. The first-order valence-corrected chi connectivity index (χ1v) is 4.09. The first-order valence-electron chi connectivity index (χ1n) is 4.09. The Kier molecular flexibility index (Phi) is 5.46. The van der Waals surface area contributed by atoms with E-state index in [1.165, 1.54) is 6.92 Å². The van der Waals surface area contributed by atoms with Crippen LogP contribution < -0.4 is 0 Å². The molecule has 0 heterocycles. The number of hydrogen-bond donors (Lipinski definition) is 2. The predicted molar refractivity (Wildman–Crippen MR) is 43.2 cm³/mol. The lowest BCUT2D eigenvalue weighted by Gasteiger charge is -2.14. The Bertz CT molecular complexity index is 85.8. The van der Waals surface area contributed by atoms with E-state index in [0.717, 1.165) is 12.8 Å². The minimum atomic E-state index is -1.58. The third-order valence-corrected chi connectivity index (χ3v) is 1.36. The zero-order valence-electron chi connectivity index (χ0n) is 7.34. The Labute approximate surface area is 68.0 Å². The largest absolute Gasteiger partial charge is 0.381 e. The van der Waals surface area contributed by atoms with Crippen molar-refractivity contribution in [2.24, 2.45) is 0 Å². The normalized spacial score (nSPS) is 12.0. The molecular formula is C8H18O3. The van der Waals surface area contributed by atoms with Crippen LogP contribution in [0.15, 0.2) is 0 Å². The summed E-state index contributed by atoms with van der Waals surface area (Å²) in [5, 5.41) is 17.7. The van der Waals surface area contributed by atoms with Crippen molar-refractivity contribution in [1.29, 1.82) is 0 Å². The van der Waals surface area contributed by atoms with Gasteiger partial charge in [-0.15, -0.1) is 0 Å². The van der Waals surface area contributed by atoms with E-state index in [-0.39, 0.29) is 6.42 Å². The lowest BCUT2D eigenvalue weighted by atomic mass is 10.2. The van der Waals surface area contributed by atoms with Gasteiger partial charge in [-0.25, -0.2) is 0 Å². The molecule has 0 aliphatic carbocycles. The van der Waals surface area contributed by atoms with E-state index in [4.69, 9.17) is 14.9 Å². The smallest absolute Gasteiger partial charge is 0.161 e. The molecule has 68 valence electrons. The maximum Gasteiger partial charge on any atom is 0.161 e. The minimum absolute atomic E-state index is 0.275. The third kappa shape index (κ3) is 9.88.